The molecule has 0 saturated carbocycles. The summed E-state index contributed by atoms with van der Waals surface area (Å²) in [6.45, 7) is 4.51. The van der Waals surface area contributed by atoms with Gasteiger partial charge in [0.15, 0.2) is 0 Å². The molecular weight excluding hydrogens is 744 g/mol. The molecule has 5 aliphatic rings. The number of anilines is 2. The maximum atomic E-state index is 13.7. The number of amides is 5. The van der Waals surface area contributed by atoms with E-state index in [1.54, 1.807) is 25.4 Å². The molecule has 1 aromatic heterocycles. The number of carbonyl (C=O) groups excluding carboxylic acids is 5. The Labute approximate surface area is 314 Å². The van der Waals surface area contributed by atoms with Gasteiger partial charge in [-0.05, 0) is 90.5 Å². The molecule has 5 aliphatic heterocycles. The van der Waals surface area contributed by atoms with E-state index >= 15 is 0 Å². The summed E-state index contributed by atoms with van der Waals surface area (Å²) < 4.78 is 1.76. The number of aryl methyl sites for hydroxylation is 1. The van der Waals surface area contributed by atoms with Crippen LogP contribution in [0.2, 0.25) is 0 Å². The van der Waals surface area contributed by atoms with Crippen LogP contribution in [0.4, 0.5) is 11.4 Å². The molecule has 0 radical (unpaired) electrons. The molecule has 276 valence electrons. The fourth-order valence-electron chi connectivity index (χ4n) is 8.83. The largest absolute Gasteiger partial charge is 0.379 e. The van der Waals surface area contributed by atoms with Gasteiger partial charge in [0.2, 0.25) is 11.8 Å². The lowest BCUT2D eigenvalue weighted by atomic mass is 9.86. The summed E-state index contributed by atoms with van der Waals surface area (Å²) in [6, 6.07) is 12.3. The van der Waals surface area contributed by atoms with Gasteiger partial charge >= 0.3 is 0 Å². The van der Waals surface area contributed by atoms with Crippen molar-refractivity contribution in [2.75, 3.05) is 56.5 Å². The van der Waals surface area contributed by atoms with E-state index in [1.165, 1.54) is 10.2 Å². The molecule has 53 heavy (non-hydrogen) atoms. The number of likely N-dealkylation sites (N-methyl/N-ethyl adjacent to an activating group) is 1. The third-order valence-electron chi connectivity index (χ3n) is 11.7. The van der Waals surface area contributed by atoms with Gasteiger partial charge < -0.3 is 20.0 Å². The number of aromatic nitrogens is 2. The Balaban J connectivity index is 0.893. The standard InChI is InChI=1S/C38H41BrN8O6/c1-43-18-24(15-25(19-43)41-29-17-40-44(2)37(53)32(29)39)22-3-5-23(6-4-22)34(50)46-14-12-38(21-46)11-13-45(20-38)26-7-8-27-28(16-26)36(52)47(35(27)51)30-9-10-31(48)42-33(30)49/h3-8,16-17,24-25,30,41H,9-15,18-21H2,1-2H3,(H,42,48,49)/t24-,25+,30?,38?/m1/s1. The van der Waals surface area contributed by atoms with E-state index in [-0.39, 0.29) is 52.8 Å². The summed E-state index contributed by atoms with van der Waals surface area (Å²) in [4.78, 5) is 84.2. The number of carbonyl (C=O) groups is 5. The molecule has 4 saturated heterocycles. The molecule has 8 rings (SSSR count). The van der Waals surface area contributed by atoms with Crippen molar-refractivity contribution in [3.8, 4) is 0 Å². The van der Waals surface area contributed by atoms with Crippen LogP contribution in [0, 0.1) is 5.41 Å². The molecule has 3 aromatic rings. The minimum Gasteiger partial charge on any atom is -0.379 e. The fourth-order valence-corrected chi connectivity index (χ4v) is 9.30. The van der Waals surface area contributed by atoms with E-state index in [0.717, 1.165) is 56.0 Å². The molecule has 0 aliphatic carbocycles. The third-order valence-corrected chi connectivity index (χ3v) is 12.4. The fraction of sp³-hybridized carbons (Fsp3) is 0.447. The van der Waals surface area contributed by atoms with E-state index < -0.39 is 29.7 Å². The molecule has 2 aromatic carbocycles. The molecule has 6 heterocycles. The number of benzene rings is 2. The van der Waals surface area contributed by atoms with Crippen molar-refractivity contribution in [3.63, 3.8) is 0 Å². The smallest absolute Gasteiger partial charge is 0.282 e. The number of fused-ring (bicyclic) bond motifs is 1. The Morgan fingerprint density at radius 1 is 0.943 bits per heavy atom. The lowest BCUT2D eigenvalue weighted by Gasteiger charge is -2.37. The molecule has 2 unspecified atom stereocenters. The number of nitrogens with zero attached hydrogens (tertiary/aromatic N) is 6. The van der Waals surface area contributed by atoms with Crippen LogP contribution in [0.5, 0.6) is 0 Å². The average molecular weight is 786 g/mol. The number of hydrogen-bond donors (Lipinski definition) is 2. The van der Waals surface area contributed by atoms with Crippen molar-refractivity contribution in [1.29, 1.82) is 0 Å². The summed E-state index contributed by atoms with van der Waals surface area (Å²) in [7, 11) is 3.71. The van der Waals surface area contributed by atoms with Crippen molar-refractivity contribution in [1.82, 2.24) is 29.8 Å². The maximum Gasteiger partial charge on any atom is 0.282 e. The zero-order chi connectivity index (χ0) is 37.2. The van der Waals surface area contributed by atoms with Gasteiger partial charge in [0.1, 0.15) is 10.5 Å². The van der Waals surface area contributed by atoms with Gasteiger partial charge in [-0.2, -0.15) is 5.10 Å². The molecular formula is C38H41BrN8O6. The Kier molecular flexibility index (Phi) is 8.96. The van der Waals surface area contributed by atoms with Gasteiger partial charge in [0.25, 0.3) is 23.3 Å². The molecule has 5 amide bonds. The zero-order valence-corrected chi connectivity index (χ0v) is 31.2. The van der Waals surface area contributed by atoms with Crippen LogP contribution in [0.1, 0.15) is 74.7 Å². The monoisotopic (exact) mass is 784 g/mol. The summed E-state index contributed by atoms with van der Waals surface area (Å²) in [5.74, 6) is -1.79. The van der Waals surface area contributed by atoms with E-state index in [2.05, 4.69) is 60.6 Å². The number of rotatable bonds is 6. The highest BCUT2D eigenvalue weighted by molar-refractivity contribution is 9.10. The van der Waals surface area contributed by atoms with Gasteiger partial charge in [-0.25, -0.2) is 4.68 Å². The number of hydrogen-bond acceptors (Lipinski definition) is 10. The van der Waals surface area contributed by atoms with Crippen molar-refractivity contribution >= 4 is 56.8 Å². The first kappa shape index (κ1) is 35.2. The van der Waals surface area contributed by atoms with E-state index in [9.17, 15) is 28.8 Å². The number of piperidine rings is 2. The minimum atomic E-state index is -1.000. The highest BCUT2D eigenvalue weighted by atomic mass is 79.9. The van der Waals surface area contributed by atoms with Crippen molar-refractivity contribution < 1.29 is 24.0 Å². The predicted molar refractivity (Wildman–Crippen MR) is 199 cm³/mol. The van der Waals surface area contributed by atoms with Crippen molar-refractivity contribution in [3.05, 3.63) is 85.7 Å². The highest BCUT2D eigenvalue weighted by Crippen LogP contribution is 2.42. The Morgan fingerprint density at radius 3 is 2.47 bits per heavy atom. The van der Waals surface area contributed by atoms with Crippen LogP contribution in [-0.2, 0) is 16.6 Å². The second-order valence-electron chi connectivity index (χ2n) is 15.2. The first-order valence-electron chi connectivity index (χ1n) is 18.1. The van der Waals surface area contributed by atoms with E-state index in [4.69, 9.17) is 0 Å². The van der Waals surface area contributed by atoms with Gasteiger partial charge in [0, 0.05) is 75.4 Å². The molecule has 4 fully saturated rings. The molecule has 15 heteroatoms. The second kappa shape index (κ2) is 13.5. The molecule has 2 N–H and O–H groups in total. The van der Waals surface area contributed by atoms with Gasteiger partial charge in [-0.1, -0.05) is 12.1 Å². The molecule has 0 bridgehead atoms. The number of likely N-dealkylation sites (tertiary alicyclic amines) is 2. The SMILES string of the molecule is CN1C[C@@H](Nc2cnn(C)c(=O)c2Br)C[C@@H](c2ccc(C(=O)N3CCC4(CCN(c5ccc6c(c5)C(=O)N(C5CCC(=O)NC5=O)C6=O)C4)C3)cc2)C1. The summed E-state index contributed by atoms with van der Waals surface area (Å²) in [5.41, 5.74) is 3.60. The highest BCUT2D eigenvalue weighted by Gasteiger charge is 2.47. The van der Waals surface area contributed by atoms with Crippen LogP contribution in [0.25, 0.3) is 0 Å². The normalized spacial score (nSPS) is 26.1. The lowest BCUT2D eigenvalue weighted by Crippen LogP contribution is -2.54. The van der Waals surface area contributed by atoms with Gasteiger partial charge in [-0.3, -0.25) is 39.0 Å². The van der Waals surface area contributed by atoms with Crippen molar-refractivity contribution in [2.24, 2.45) is 12.5 Å². The molecule has 14 nitrogen and oxygen atoms in total. The van der Waals surface area contributed by atoms with Crippen LogP contribution < -0.4 is 21.1 Å². The van der Waals surface area contributed by atoms with Crippen molar-refractivity contribution in [2.45, 2.75) is 50.1 Å². The quantitative estimate of drug-likeness (QED) is 0.357. The first-order valence-corrected chi connectivity index (χ1v) is 18.9. The molecule has 4 atom stereocenters. The summed E-state index contributed by atoms with van der Waals surface area (Å²) >= 11 is 3.42. The molecule has 1 spiro atoms. The van der Waals surface area contributed by atoms with Crippen LogP contribution in [0.3, 0.4) is 0 Å². The number of halogens is 1. The maximum absolute atomic E-state index is 13.7. The summed E-state index contributed by atoms with van der Waals surface area (Å²) in [6.07, 6.45) is 4.50. The lowest BCUT2D eigenvalue weighted by molar-refractivity contribution is -0.136. The van der Waals surface area contributed by atoms with E-state index in [1.807, 2.05) is 23.1 Å². The first-order chi connectivity index (χ1) is 25.4. The Hall–Kier alpha value is -4.89. The van der Waals surface area contributed by atoms with E-state index in [0.29, 0.717) is 28.8 Å². The Bertz CT molecular complexity index is 2100. The zero-order valence-electron chi connectivity index (χ0n) is 29.6. The number of imide groups is 2. The average Bonchev–Trinajstić information content (AvgIpc) is 3.84. The topological polar surface area (TPSA) is 157 Å². The second-order valence-corrected chi connectivity index (χ2v) is 16.0. The van der Waals surface area contributed by atoms with Gasteiger partial charge in [0.05, 0.1) is 23.0 Å². The van der Waals surface area contributed by atoms with Crippen LogP contribution >= 0.6 is 15.9 Å². The summed E-state index contributed by atoms with van der Waals surface area (Å²) in [5, 5.41) is 9.89. The number of nitrogens with one attached hydrogen (secondary N) is 2. The Morgan fingerprint density at radius 2 is 1.70 bits per heavy atom. The van der Waals surface area contributed by atoms with Gasteiger partial charge in [-0.15, -0.1) is 0 Å². The van der Waals surface area contributed by atoms with Crippen LogP contribution in [0.15, 0.2) is 57.9 Å². The van der Waals surface area contributed by atoms with Crippen LogP contribution in [-0.4, -0.2) is 112 Å². The minimum absolute atomic E-state index is 0.0189. The predicted octanol–water partition coefficient (Wildman–Crippen LogP) is 2.59. The third kappa shape index (κ3) is 6.43.